The van der Waals surface area contributed by atoms with Gasteiger partial charge < -0.3 is 15.7 Å². The van der Waals surface area contributed by atoms with Crippen LogP contribution in [0.15, 0.2) is 47.9 Å². The number of phenols is 1. The number of ketones is 1. The number of aromatic nitrogens is 2. The Hall–Kier alpha value is -4.21. The summed E-state index contributed by atoms with van der Waals surface area (Å²) >= 11 is 0. The SMILES string of the molecule is CC1(C)ON=C(c2ccc(O)c(-c3cnc(-c4ccc(F)c(C(N)=O)c4F)cn3)c2)C1=O. The van der Waals surface area contributed by atoms with Crippen molar-refractivity contribution >= 4 is 17.4 Å². The van der Waals surface area contributed by atoms with E-state index in [0.29, 0.717) is 5.56 Å². The van der Waals surface area contributed by atoms with E-state index in [1.807, 2.05) is 0 Å². The molecular weight excluding hydrogens is 422 g/mol. The summed E-state index contributed by atoms with van der Waals surface area (Å²) in [4.78, 5) is 37.3. The zero-order valence-corrected chi connectivity index (χ0v) is 16.9. The van der Waals surface area contributed by atoms with Gasteiger partial charge in [-0.3, -0.25) is 19.6 Å². The number of phenolic OH excluding ortho intramolecular Hbond substituents is 1. The maximum Gasteiger partial charge on any atom is 0.254 e. The molecule has 1 aliphatic rings. The van der Waals surface area contributed by atoms with E-state index in [0.717, 1.165) is 12.1 Å². The fraction of sp³-hybridized carbons (Fsp3) is 0.136. The smallest absolute Gasteiger partial charge is 0.254 e. The number of aromatic hydroxyl groups is 1. The predicted octanol–water partition coefficient (Wildman–Crippen LogP) is 2.98. The van der Waals surface area contributed by atoms with Crippen molar-refractivity contribution < 1.29 is 28.3 Å². The lowest BCUT2D eigenvalue weighted by atomic mass is 9.94. The molecule has 0 spiro atoms. The molecule has 0 radical (unpaired) electrons. The molecule has 32 heavy (non-hydrogen) atoms. The number of amides is 1. The highest BCUT2D eigenvalue weighted by molar-refractivity contribution is 6.49. The highest BCUT2D eigenvalue weighted by Crippen LogP contribution is 2.32. The molecule has 8 nitrogen and oxygen atoms in total. The third-order valence-electron chi connectivity index (χ3n) is 4.94. The Labute approximate surface area is 180 Å². The molecule has 2 heterocycles. The van der Waals surface area contributed by atoms with Crippen LogP contribution in [0, 0.1) is 11.6 Å². The normalized spacial score (nSPS) is 14.8. The Morgan fingerprint density at radius 2 is 1.72 bits per heavy atom. The number of carbonyl (C=O) groups is 2. The van der Waals surface area contributed by atoms with Gasteiger partial charge in [-0.1, -0.05) is 5.16 Å². The monoisotopic (exact) mass is 438 g/mol. The van der Waals surface area contributed by atoms with E-state index in [4.69, 9.17) is 10.6 Å². The molecule has 4 rings (SSSR count). The number of Topliss-reactive ketones (excluding diaryl/α,β-unsaturated/α-hetero) is 1. The number of benzene rings is 2. The Morgan fingerprint density at radius 3 is 2.28 bits per heavy atom. The first kappa shape index (κ1) is 21.0. The Balaban J connectivity index is 1.71. The third kappa shape index (κ3) is 3.45. The van der Waals surface area contributed by atoms with Gasteiger partial charge in [-0.15, -0.1) is 0 Å². The summed E-state index contributed by atoms with van der Waals surface area (Å²) in [5, 5.41) is 14.1. The highest BCUT2D eigenvalue weighted by atomic mass is 19.1. The summed E-state index contributed by atoms with van der Waals surface area (Å²) in [6, 6.07) is 6.42. The van der Waals surface area contributed by atoms with Crippen molar-refractivity contribution in [3.05, 3.63) is 65.5 Å². The van der Waals surface area contributed by atoms with Crippen LogP contribution in [0.25, 0.3) is 22.5 Å². The molecule has 1 aromatic heterocycles. The van der Waals surface area contributed by atoms with Gasteiger partial charge in [0.15, 0.2) is 11.3 Å². The summed E-state index contributed by atoms with van der Waals surface area (Å²) < 4.78 is 28.3. The number of carbonyl (C=O) groups excluding carboxylic acids is 2. The number of halogens is 2. The molecule has 0 saturated carbocycles. The van der Waals surface area contributed by atoms with E-state index < -0.39 is 28.7 Å². The fourth-order valence-electron chi connectivity index (χ4n) is 3.18. The lowest BCUT2D eigenvalue weighted by Gasteiger charge is -2.12. The molecule has 162 valence electrons. The molecule has 0 aliphatic carbocycles. The third-order valence-corrected chi connectivity index (χ3v) is 4.94. The zero-order valence-electron chi connectivity index (χ0n) is 16.9. The summed E-state index contributed by atoms with van der Waals surface area (Å²) in [5.74, 6) is -3.92. The van der Waals surface area contributed by atoms with Crippen LogP contribution in [-0.2, 0) is 9.63 Å². The first-order valence-electron chi connectivity index (χ1n) is 9.35. The van der Waals surface area contributed by atoms with E-state index in [1.165, 1.54) is 30.6 Å². The molecule has 0 bridgehead atoms. The summed E-state index contributed by atoms with van der Waals surface area (Å²) in [6.07, 6.45) is 2.46. The van der Waals surface area contributed by atoms with Crippen LogP contribution >= 0.6 is 0 Å². The number of primary amides is 1. The molecule has 3 aromatic rings. The molecule has 1 amide bonds. The van der Waals surface area contributed by atoms with Crippen molar-refractivity contribution in [1.82, 2.24) is 9.97 Å². The number of hydrogen-bond acceptors (Lipinski definition) is 7. The van der Waals surface area contributed by atoms with Crippen molar-refractivity contribution in [2.75, 3.05) is 0 Å². The van der Waals surface area contributed by atoms with Crippen molar-refractivity contribution in [3.63, 3.8) is 0 Å². The summed E-state index contributed by atoms with van der Waals surface area (Å²) in [5.41, 5.74) is 3.94. The van der Waals surface area contributed by atoms with Gasteiger partial charge in [-0.2, -0.15) is 0 Å². The van der Waals surface area contributed by atoms with Crippen LogP contribution in [-0.4, -0.2) is 38.1 Å². The molecule has 0 atom stereocenters. The van der Waals surface area contributed by atoms with E-state index in [9.17, 15) is 23.5 Å². The predicted molar refractivity (Wildman–Crippen MR) is 110 cm³/mol. The fourth-order valence-corrected chi connectivity index (χ4v) is 3.18. The second-order valence-corrected chi connectivity index (χ2v) is 7.54. The van der Waals surface area contributed by atoms with Crippen LogP contribution in [0.4, 0.5) is 8.78 Å². The van der Waals surface area contributed by atoms with Gasteiger partial charge in [0.25, 0.3) is 5.91 Å². The van der Waals surface area contributed by atoms with E-state index in [-0.39, 0.29) is 39.8 Å². The minimum Gasteiger partial charge on any atom is -0.507 e. The van der Waals surface area contributed by atoms with E-state index in [2.05, 4.69) is 15.1 Å². The largest absolute Gasteiger partial charge is 0.507 e. The average molecular weight is 438 g/mol. The average Bonchev–Trinajstić information content (AvgIpc) is 3.01. The van der Waals surface area contributed by atoms with Gasteiger partial charge in [0.05, 0.1) is 23.8 Å². The van der Waals surface area contributed by atoms with Crippen molar-refractivity contribution in [2.45, 2.75) is 19.4 Å². The number of rotatable bonds is 4. The van der Waals surface area contributed by atoms with Crippen LogP contribution < -0.4 is 5.73 Å². The van der Waals surface area contributed by atoms with Crippen molar-refractivity contribution in [2.24, 2.45) is 10.9 Å². The van der Waals surface area contributed by atoms with Gasteiger partial charge in [0.2, 0.25) is 5.78 Å². The molecule has 0 saturated heterocycles. The minimum atomic E-state index is -1.25. The second kappa shape index (κ2) is 7.49. The van der Waals surface area contributed by atoms with E-state index in [1.54, 1.807) is 13.8 Å². The molecule has 1 aliphatic heterocycles. The molecule has 2 aromatic carbocycles. The van der Waals surface area contributed by atoms with Crippen molar-refractivity contribution in [1.29, 1.82) is 0 Å². The van der Waals surface area contributed by atoms with Crippen LogP contribution in [0.5, 0.6) is 5.75 Å². The van der Waals surface area contributed by atoms with Gasteiger partial charge in [-0.25, -0.2) is 8.78 Å². The maximum atomic E-state index is 14.6. The van der Waals surface area contributed by atoms with E-state index >= 15 is 0 Å². The molecular formula is C22H16F2N4O4. The number of hydrogen-bond donors (Lipinski definition) is 2. The quantitative estimate of drug-likeness (QED) is 0.645. The van der Waals surface area contributed by atoms with Crippen LogP contribution in [0.3, 0.4) is 0 Å². The van der Waals surface area contributed by atoms with Crippen LogP contribution in [0.1, 0.15) is 29.8 Å². The Morgan fingerprint density at radius 1 is 1.06 bits per heavy atom. The maximum absolute atomic E-state index is 14.6. The minimum absolute atomic E-state index is 0.0230. The lowest BCUT2D eigenvalue weighted by Crippen LogP contribution is -2.33. The Bertz CT molecular complexity index is 1300. The molecule has 0 unspecified atom stereocenters. The Kier molecular flexibility index (Phi) is 4.92. The topological polar surface area (TPSA) is 128 Å². The molecule has 3 N–H and O–H groups in total. The first-order valence-corrected chi connectivity index (χ1v) is 9.35. The summed E-state index contributed by atoms with van der Waals surface area (Å²) in [6.45, 7) is 3.19. The number of oxime groups is 1. The van der Waals surface area contributed by atoms with Crippen LogP contribution in [0.2, 0.25) is 0 Å². The molecule has 0 fully saturated rings. The van der Waals surface area contributed by atoms with Gasteiger partial charge in [0.1, 0.15) is 22.9 Å². The first-order chi connectivity index (χ1) is 15.1. The summed E-state index contributed by atoms with van der Waals surface area (Å²) in [7, 11) is 0. The van der Waals surface area contributed by atoms with Gasteiger partial charge >= 0.3 is 0 Å². The number of nitrogens with two attached hydrogens (primary N) is 1. The van der Waals surface area contributed by atoms with Crippen molar-refractivity contribution in [3.8, 4) is 28.3 Å². The molecule has 10 heteroatoms. The zero-order chi connectivity index (χ0) is 23.2. The second-order valence-electron chi connectivity index (χ2n) is 7.54. The lowest BCUT2D eigenvalue weighted by molar-refractivity contribution is -0.128. The van der Waals surface area contributed by atoms with Gasteiger partial charge in [-0.05, 0) is 44.2 Å². The van der Waals surface area contributed by atoms with Gasteiger partial charge in [0, 0.05) is 16.7 Å². The standard InChI is InChI=1S/C22H16F2N4O4/c1-22(2)20(30)19(28-32-22)10-3-6-16(29)12(7-10)15-9-26-14(8-27-15)11-4-5-13(23)17(18(11)24)21(25)31/h3-9,29H,1-2H3,(H2,25,31). The number of nitrogens with zero attached hydrogens (tertiary/aromatic N) is 3. The highest BCUT2D eigenvalue weighted by Gasteiger charge is 2.40.